The van der Waals surface area contributed by atoms with Gasteiger partial charge in [-0.3, -0.25) is 0 Å². The molecule has 0 aromatic carbocycles. The molecule has 1 heterocycles. The van der Waals surface area contributed by atoms with Crippen molar-refractivity contribution in [1.29, 1.82) is 0 Å². The second-order valence-electron chi connectivity index (χ2n) is 4.66. The molecule has 5 heteroatoms. The van der Waals surface area contributed by atoms with Crippen LogP contribution in [0.5, 0.6) is 0 Å². The van der Waals surface area contributed by atoms with Gasteiger partial charge in [0.15, 0.2) is 0 Å². The Morgan fingerprint density at radius 3 is 2.47 bits per heavy atom. The van der Waals surface area contributed by atoms with Gasteiger partial charge < -0.3 is 10.4 Å². The first-order valence-corrected chi connectivity index (χ1v) is 5.74. The predicted molar refractivity (Wildman–Crippen MR) is 66.0 cm³/mol. The van der Waals surface area contributed by atoms with Gasteiger partial charge in [0.25, 0.3) is 0 Å². The minimum atomic E-state index is -0.871. The maximum absolute atomic E-state index is 11.1. The summed E-state index contributed by atoms with van der Waals surface area (Å²) in [5.41, 5.74) is 0. The summed E-state index contributed by atoms with van der Waals surface area (Å²) in [6.45, 7) is 7.71. The molecule has 0 fully saturated rings. The maximum atomic E-state index is 11.1. The molecule has 0 radical (unpaired) electrons. The molecule has 2 N–H and O–H groups in total. The van der Waals surface area contributed by atoms with Crippen LogP contribution in [-0.4, -0.2) is 27.1 Å². The van der Waals surface area contributed by atoms with E-state index in [9.17, 15) is 4.79 Å². The molecule has 0 bridgehead atoms. The fraction of sp³-hybridized carbons (Fsp3) is 0.583. The second kappa shape index (κ2) is 5.61. The monoisotopic (exact) mass is 237 g/mol. The zero-order chi connectivity index (χ0) is 13.0. The van der Waals surface area contributed by atoms with Crippen LogP contribution >= 0.6 is 0 Å². The minimum Gasteiger partial charge on any atom is -0.480 e. The highest BCUT2D eigenvalue weighted by Gasteiger charge is 2.21. The van der Waals surface area contributed by atoms with Gasteiger partial charge in [0.1, 0.15) is 17.7 Å². The van der Waals surface area contributed by atoms with Crippen LogP contribution in [0.4, 0.5) is 5.82 Å². The molecule has 0 aliphatic heterocycles. The Hall–Kier alpha value is -1.65. The van der Waals surface area contributed by atoms with Crippen molar-refractivity contribution in [3.63, 3.8) is 0 Å². The van der Waals surface area contributed by atoms with E-state index in [0.29, 0.717) is 11.6 Å². The standard InChI is InChI=1S/C12H19N3O2/c1-7(2)10(12(16)17)14-9-5-6-13-11(15-9)8(3)4/h5-8,10H,1-4H3,(H,16,17)(H,13,14,15)/t10-/m1/s1. The third-order valence-corrected chi connectivity index (χ3v) is 2.43. The molecule has 0 unspecified atom stereocenters. The van der Waals surface area contributed by atoms with Crippen LogP contribution in [-0.2, 0) is 4.79 Å². The number of rotatable bonds is 5. The molecule has 0 saturated carbocycles. The van der Waals surface area contributed by atoms with Crippen molar-refractivity contribution in [2.24, 2.45) is 5.92 Å². The summed E-state index contributed by atoms with van der Waals surface area (Å²) < 4.78 is 0. The zero-order valence-corrected chi connectivity index (χ0v) is 10.6. The highest BCUT2D eigenvalue weighted by Crippen LogP contribution is 2.14. The number of aliphatic carboxylic acids is 1. The fourth-order valence-electron chi connectivity index (χ4n) is 1.41. The molecule has 1 aromatic heterocycles. The van der Waals surface area contributed by atoms with Crippen molar-refractivity contribution >= 4 is 11.8 Å². The van der Waals surface area contributed by atoms with E-state index in [4.69, 9.17) is 5.11 Å². The molecule has 0 aliphatic carbocycles. The van der Waals surface area contributed by atoms with Gasteiger partial charge in [-0.05, 0) is 12.0 Å². The van der Waals surface area contributed by atoms with E-state index in [-0.39, 0.29) is 11.8 Å². The van der Waals surface area contributed by atoms with Crippen LogP contribution in [0.1, 0.15) is 39.4 Å². The van der Waals surface area contributed by atoms with Crippen LogP contribution in [0, 0.1) is 5.92 Å². The Bertz CT molecular complexity index is 391. The number of nitrogens with one attached hydrogen (secondary N) is 1. The maximum Gasteiger partial charge on any atom is 0.326 e. The first kappa shape index (κ1) is 13.4. The fourth-order valence-corrected chi connectivity index (χ4v) is 1.41. The zero-order valence-electron chi connectivity index (χ0n) is 10.6. The van der Waals surface area contributed by atoms with Gasteiger partial charge in [-0.25, -0.2) is 14.8 Å². The molecule has 0 aliphatic rings. The molecule has 1 aromatic rings. The van der Waals surface area contributed by atoms with Crippen molar-refractivity contribution in [3.05, 3.63) is 18.1 Å². The van der Waals surface area contributed by atoms with Crippen LogP contribution < -0.4 is 5.32 Å². The van der Waals surface area contributed by atoms with Crippen LogP contribution in [0.3, 0.4) is 0 Å². The Kier molecular flexibility index (Phi) is 4.43. The topological polar surface area (TPSA) is 75.1 Å². The molecular weight excluding hydrogens is 218 g/mol. The van der Waals surface area contributed by atoms with Crippen molar-refractivity contribution in [3.8, 4) is 0 Å². The average molecular weight is 237 g/mol. The number of hydrogen-bond acceptors (Lipinski definition) is 4. The Balaban J connectivity index is 2.86. The SMILES string of the molecule is CC(C)c1nccc(N[C@@H](C(=O)O)C(C)C)n1. The first-order chi connectivity index (χ1) is 7.91. The number of carbonyl (C=O) groups is 1. The summed E-state index contributed by atoms with van der Waals surface area (Å²) in [4.78, 5) is 19.5. The lowest BCUT2D eigenvalue weighted by Gasteiger charge is -2.18. The lowest BCUT2D eigenvalue weighted by molar-refractivity contribution is -0.138. The molecule has 0 amide bonds. The summed E-state index contributed by atoms with van der Waals surface area (Å²) in [7, 11) is 0. The lowest BCUT2D eigenvalue weighted by Crippen LogP contribution is -2.34. The van der Waals surface area contributed by atoms with Gasteiger partial charge in [0.2, 0.25) is 0 Å². The average Bonchev–Trinajstić information content (AvgIpc) is 2.25. The van der Waals surface area contributed by atoms with E-state index < -0.39 is 12.0 Å². The largest absolute Gasteiger partial charge is 0.480 e. The Labute approximate surface area is 101 Å². The Morgan fingerprint density at radius 2 is 2.00 bits per heavy atom. The van der Waals surface area contributed by atoms with E-state index in [1.54, 1.807) is 12.3 Å². The van der Waals surface area contributed by atoms with Gasteiger partial charge in [-0.15, -0.1) is 0 Å². The van der Waals surface area contributed by atoms with E-state index in [1.807, 2.05) is 27.7 Å². The van der Waals surface area contributed by atoms with Gasteiger partial charge in [0.05, 0.1) is 0 Å². The third kappa shape index (κ3) is 3.69. The van der Waals surface area contributed by atoms with E-state index >= 15 is 0 Å². The van der Waals surface area contributed by atoms with E-state index in [1.165, 1.54) is 0 Å². The van der Waals surface area contributed by atoms with E-state index in [2.05, 4.69) is 15.3 Å². The highest BCUT2D eigenvalue weighted by molar-refractivity contribution is 5.77. The Morgan fingerprint density at radius 1 is 1.35 bits per heavy atom. The highest BCUT2D eigenvalue weighted by atomic mass is 16.4. The number of carboxylic acids is 1. The van der Waals surface area contributed by atoms with Crippen molar-refractivity contribution < 1.29 is 9.90 Å². The number of anilines is 1. The molecular formula is C12H19N3O2. The second-order valence-corrected chi connectivity index (χ2v) is 4.66. The van der Waals surface area contributed by atoms with Crippen molar-refractivity contribution in [2.45, 2.75) is 39.7 Å². The normalized spacial score (nSPS) is 12.8. The molecule has 17 heavy (non-hydrogen) atoms. The molecule has 0 saturated heterocycles. The van der Waals surface area contributed by atoms with Crippen molar-refractivity contribution in [1.82, 2.24) is 9.97 Å². The van der Waals surface area contributed by atoms with E-state index in [0.717, 1.165) is 0 Å². The summed E-state index contributed by atoms with van der Waals surface area (Å²) in [6, 6.07) is 1.05. The molecule has 94 valence electrons. The summed E-state index contributed by atoms with van der Waals surface area (Å²) in [6.07, 6.45) is 1.64. The lowest BCUT2D eigenvalue weighted by atomic mass is 10.1. The van der Waals surface area contributed by atoms with Gasteiger partial charge in [0, 0.05) is 12.1 Å². The van der Waals surface area contributed by atoms with Gasteiger partial charge in [-0.1, -0.05) is 27.7 Å². The minimum absolute atomic E-state index is 0.00929. The van der Waals surface area contributed by atoms with Crippen LogP contribution in [0.25, 0.3) is 0 Å². The number of hydrogen-bond donors (Lipinski definition) is 2. The summed E-state index contributed by atoms with van der Waals surface area (Å²) in [5, 5.41) is 12.0. The molecule has 1 atom stereocenters. The van der Waals surface area contributed by atoms with Gasteiger partial charge >= 0.3 is 5.97 Å². The van der Waals surface area contributed by atoms with Crippen LogP contribution in [0.2, 0.25) is 0 Å². The first-order valence-electron chi connectivity index (χ1n) is 5.74. The number of aromatic nitrogens is 2. The number of nitrogens with zero attached hydrogens (tertiary/aromatic N) is 2. The summed E-state index contributed by atoms with van der Waals surface area (Å²) >= 11 is 0. The molecule has 1 rings (SSSR count). The molecule has 0 spiro atoms. The van der Waals surface area contributed by atoms with Crippen molar-refractivity contribution in [2.75, 3.05) is 5.32 Å². The quantitative estimate of drug-likeness (QED) is 0.820. The third-order valence-electron chi connectivity index (χ3n) is 2.43. The predicted octanol–water partition coefficient (Wildman–Crippen LogP) is 2.12. The molecule has 5 nitrogen and oxygen atoms in total. The smallest absolute Gasteiger partial charge is 0.326 e. The van der Waals surface area contributed by atoms with Crippen LogP contribution in [0.15, 0.2) is 12.3 Å². The van der Waals surface area contributed by atoms with Gasteiger partial charge in [-0.2, -0.15) is 0 Å². The summed E-state index contributed by atoms with van der Waals surface area (Å²) in [5.74, 6) is 0.612. The number of carboxylic acid groups (broad SMARTS) is 1.